The van der Waals surface area contributed by atoms with Crippen LogP contribution in [0.1, 0.15) is 47.0 Å². The summed E-state index contributed by atoms with van der Waals surface area (Å²) in [4.78, 5) is 12.0. The Labute approximate surface area is 112 Å². The predicted octanol–water partition coefficient (Wildman–Crippen LogP) is 2.35. The Morgan fingerprint density at radius 1 is 1.53 bits per heavy atom. The third kappa shape index (κ3) is 4.84. The first-order chi connectivity index (χ1) is 7.47. The Hall–Kier alpha value is -0.280. The van der Waals surface area contributed by atoms with E-state index in [1.165, 1.54) is 12.8 Å². The molecule has 17 heavy (non-hydrogen) atoms. The van der Waals surface area contributed by atoms with Gasteiger partial charge < -0.3 is 10.6 Å². The largest absolute Gasteiger partial charge is 0.353 e. The second-order valence-corrected chi connectivity index (χ2v) is 5.61. The van der Waals surface area contributed by atoms with Crippen molar-refractivity contribution in [1.82, 2.24) is 10.6 Å². The molecule has 0 aromatic carbocycles. The van der Waals surface area contributed by atoms with E-state index in [2.05, 4.69) is 24.5 Å². The van der Waals surface area contributed by atoms with Crippen LogP contribution in [0.2, 0.25) is 0 Å². The molecule has 2 unspecified atom stereocenters. The Morgan fingerprint density at radius 2 is 2.18 bits per heavy atom. The van der Waals surface area contributed by atoms with Crippen molar-refractivity contribution in [3.05, 3.63) is 0 Å². The zero-order valence-electron chi connectivity index (χ0n) is 11.5. The van der Waals surface area contributed by atoms with Crippen molar-refractivity contribution in [2.24, 2.45) is 11.3 Å². The predicted molar refractivity (Wildman–Crippen MR) is 74.5 cm³/mol. The molecule has 2 N–H and O–H groups in total. The van der Waals surface area contributed by atoms with Crippen LogP contribution < -0.4 is 10.6 Å². The van der Waals surface area contributed by atoms with Gasteiger partial charge in [-0.15, -0.1) is 12.4 Å². The Morgan fingerprint density at radius 3 is 2.65 bits per heavy atom. The van der Waals surface area contributed by atoms with E-state index in [1.807, 2.05) is 13.8 Å². The number of hydrogen-bond acceptors (Lipinski definition) is 2. The molecule has 0 spiro atoms. The number of carbonyl (C=O) groups excluding carboxylic acids is 1. The molecule has 0 saturated carbocycles. The van der Waals surface area contributed by atoms with E-state index in [0.717, 1.165) is 19.5 Å². The average molecular weight is 263 g/mol. The lowest BCUT2D eigenvalue weighted by atomic mass is 9.87. The Bertz CT molecular complexity index is 238. The van der Waals surface area contributed by atoms with Crippen molar-refractivity contribution in [3.8, 4) is 0 Å². The second kappa shape index (κ2) is 7.22. The highest BCUT2D eigenvalue weighted by Gasteiger charge is 2.28. The number of rotatable bonds is 4. The number of amides is 1. The van der Waals surface area contributed by atoms with Gasteiger partial charge in [-0.1, -0.05) is 20.8 Å². The number of piperidine rings is 1. The van der Waals surface area contributed by atoms with E-state index in [1.54, 1.807) is 0 Å². The summed E-state index contributed by atoms with van der Waals surface area (Å²) in [5.41, 5.74) is -0.240. The fourth-order valence-corrected chi connectivity index (χ4v) is 1.99. The van der Waals surface area contributed by atoms with Gasteiger partial charge in [0.05, 0.1) is 0 Å². The van der Waals surface area contributed by atoms with Crippen molar-refractivity contribution in [2.45, 2.75) is 53.0 Å². The van der Waals surface area contributed by atoms with Gasteiger partial charge in [0.15, 0.2) is 0 Å². The third-order valence-electron chi connectivity index (χ3n) is 3.90. The molecule has 1 amide bonds. The first kappa shape index (κ1) is 16.7. The number of carbonyl (C=O) groups is 1. The van der Waals surface area contributed by atoms with E-state index in [-0.39, 0.29) is 29.8 Å². The smallest absolute Gasteiger partial charge is 0.225 e. The summed E-state index contributed by atoms with van der Waals surface area (Å²) in [7, 11) is 0. The lowest BCUT2D eigenvalue weighted by Crippen LogP contribution is -2.48. The first-order valence-corrected chi connectivity index (χ1v) is 6.49. The molecule has 1 saturated heterocycles. The molecule has 3 nitrogen and oxygen atoms in total. The normalized spacial score (nSPS) is 22.5. The molecule has 1 rings (SSSR count). The summed E-state index contributed by atoms with van der Waals surface area (Å²) in [5.74, 6) is 0.776. The molecule has 0 radical (unpaired) electrons. The van der Waals surface area contributed by atoms with Crippen LogP contribution in [-0.4, -0.2) is 25.0 Å². The molecular weight excluding hydrogens is 236 g/mol. The fourth-order valence-electron chi connectivity index (χ4n) is 1.99. The highest BCUT2D eigenvalue weighted by atomic mass is 35.5. The Balaban J connectivity index is 0.00000256. The number of halogens is 1. The van der Waals surface area contributed by atoms with E-state index in [0.29, 0.717) is 5.92 Å². The van der Waals surface area contributed by atoms with Gasteiger partial charge in [0, 0.05) is 11.5 Å². The third-order valence-corrected chi connectivity index (χ3v) is 3.90. The van der Waals surface area contributed by atoms with Gasteiger partial charge in [-0.2, -0.15) is 0 Å². The van der Waals surface area contributed by atoms with Gasteiger partial charge in [-0.25, -0.2) is 0 Å². The average Bonchev–Trinajstić information content (AvgIpc) is 2.30. The first-order valence-electron chi connectivity index (χ1n) is 6.49. The molecular formula is C13H27ClN2O. The molecule has 0 aliphatic carbocycles. The topological polar surface area (TPSA) is 41.1 Å². The molecule has 4 heteroatoms. The van der Waals surface area contributed by atoms with E-state index in [4.69, 9.17) is 0 Å². The minimum Gasteiger partial charge on any atom is -0.353 e. The molecule has 102 valence electrons. The zero-order valence-corrected chi connectivity index (χ0v) is 12.3. The van der Waals surface area contributed by atoms with Crippen LogP contribution >= 0.6 is 12.4 Å². The monoisotopic (exact) mass is 262 g/mol. The van der Waals surface area contributed by atoms with Gasteiger partial charge in [-0.05, 0) is 45.2 Å². The van der Waals surface area contributed by atoms with Gasteiger partial charge in [0.2, 0.25) is 5.91 Å². The number of nitrogens with one attached hydrogen (secondary N) is 2. The molecule has 0 bridgehead atoms. The summed E-state index contributed by atoms with van der Waals surface area (Å²) in [6.07, 6.45) is 3.33. The summed E-state index contributed by atoms with van der Waals surface area (Å²) in [6, 6.07) is 0.283. The van der Waals surface area contributed by atoms with E-state index >= 15 is 0 Å². The molecule has 1 heterocycles. The van der Waals surface area contributed by atoms with Crippen LogP contribution in [-0.2, 0) is 4.79 Å². The molecule has 2 atom stereocenters. The maximum atomic E-state index is 12.0. The molecule has 0 aromatic heterocycles. The highest BCUT2D eigenvalue weighted by Crippen LogP contribution is 2.21. The van der Waals surface area contributed by atoms with Crippen LogP contribution in [0.3, 0.4) is 0 Å². The summed E-state index contributed by atoms with van der Waals surface area (Å²) in [5, 5.41) is 6.55. The van der Waals surface area contributed by atoms with E-state index in [9.17, 15) is 4.79 Å². The van der Waals surface area contributed by atoms with E-state index < -0.39 is 0 Å². The second-order valence-electron chi connectivity index (χ2n) is 5.61. The fraction of sp³-hybridized carbons (Fsp3) is 0.923. The minimum atomic E-state index is -0.240. The van der Waals surface area contributed by atoms with Gasteiger partial charge in [0.1, 0.15) is 0 Å². The maximum Gasteiger partial charge on any atom is 0.225 e. The standard InChI is InChI=1S/C13H26N2O.ClH/c1-5-13(3,4)12(16)15-10(2)11-7-6-8-14-9-11;/h10-11,14H,5-9H2,1-4H3,(H,15,16);1H. The Kier molecular flexibility index (Phi) is 7.10. The van der Waals surface area contributed by atoms with Gasteiger partial charge in [0.25, 0.3) is 0 Å². The zero-order chi connectivity index (χ0) is 12.2. The van der Waals surface area contributed by atoms with Crippen LogP contribution in [0.15, 0.2) is 0 Å². The maximum absolute atomic E-state index is 12.0. The molecule has 1 aliphatic rings. The lowest BCUT2D eigenvalue weighted by Gasteiger charge is -2.31. The molecule has 1 fully saturated rings. The quantitative estimate of drug-likeness (QED) is 0.817. The van der Waals surface area contributed by atoms with Crippen LogP contribution in [0.5, 0.6) is 0 Å². The molecule has 1 aliphatic heterocycles. The highest BCUT2D eigenvalue weighted by molar-refractivity contribution is 5.85. The SMILES string of the molecule is CCC(C)(C)C(=O)NC(C)C1CCCNC1.Cl. The van der Waals surface area contributed by atoms with Crippen molar-refractivity contribution >= 4 is 18.3 Å². The summed E-state index contributed by atoms with van der Waals surface area (Å²) < 4.78 is 0. The van der Waals surface area contributed by atoms with Crippen molar-refractivity contribution in [3.63, 3.8) is 0 Å². The van der Waals surface area contributed by atoms with Gasteiger partial charge >= 0.3 is 0 Å². The number of hydrogen-bond donors (Lipinski definition) is 2. The molecule has 0 aromatic rings. The minimum absolute atomic E-state index is 0. The van der Waals surface area contributed by atoms with Crippen molar-refractivity contribution < 1.29 is 4.79 Å². The van der Waals surface area contributed by atoms with Gasteiger partial charge in [-0.3, -0.25) is 4.79 Å². The van der Waals surface area contributed by atoms with Crippen molar-refractivity contribution in [2.75, 3.05) is 13.1 Å². The van der Waals surface area contributed by atoms with Crippen LogP contribution in [0.4, 0.5) is 0 Å². The lowest BCUT2D eigenvalue weighted by molar-refractivity contribution is -0.130. The van der Waals surface area contributed by atoms with Crippen LogP contribution in [0.25, 0.3) is 0 Å². The summed E-state index contributed by atoms with van der Waals surface area (Å²) >= 11 is 0. The summed E-state index contributed by atoms with van der Waals surface area (Å²) in [6.45, 7) is 10.4. The van der Waals surface area contributed by atoms with Crippen molar-refractivity contribution in [1.29, 1.82) is 0 Å². The van der Waals surface area contributed by atoms with Crippen LogP contribution in [0, 0.1) is 11.3 Å².